The lowest BCUT2D eigenvalue weighted by molar-refractivity contribution is 0.0937. The number of thiocarbonyl (C=S) groups is 1. The van der Waals surface area contributed by atoms with Crippen molar-refractivity contribution in [2.75, 3.05) is 11.9 Å². The van der Waals surface area contributed by atoms with Gasteiger partial charge in [-0.05, 0) is 68.4 Å². The standard InChI is InChI=1S/C22H27N3O3S/c1-4-14-28-19-9-7-6-8-18(19)21(27)25-22(29)24-17-12-10-16(11-13-17)20(26)23-15(3)5-2/h6-13,15H,4-5,14H2,1-3H3,(H,23,26)(H2,24,25,27,29). The Hall–Kier alpha value is -2.93. The molecule has 29 heavy (non-hydrogen) atoms. The molecule has 0 heterocycles. The number of para-hydroxylation sites is 1. The molecule has 0 saturated heterocycles. The first-order chi connectivity index (χ1) is 13.9. The predicted octanol–water partition coefficient (Wildman–Crippen LogP) is 4.13. The summed E-state index contributed by atoms with van der Waals surface area (Å²) in [6.07, 6.45) is 1.72. The van der Waals surface area contributed by atoms with E-state index < -0.39 is 0 Å². The van der Waals surface area contributed by atoms with Crippen LogP contribution in [0.25, 0.3) is 0 Å². The number of nitrogens with one attached hydrogen (secondary N) is 3. The molecular weight excluding hydrogens is 386 g/mol. The highest BCUT2D eigenvalue weighted by molar-refractivity contribution is 7.80. The molecule has 1 unspecified atom stereocenters. The van der Waals surface area contributed by atoms with Crippen molar-refractivity contribution in [2.45, 2.75) is 39.7 Å². The van der Waals surface area contributed by atoms with Crippen molar-refractivity contribution in [3.05, 3.63) is 59.7 Å². The van der Waals surface area contributed by atoms with E-state index in [1.165, 1.54) is 0 Å². The maximum atomic E-state index is 12.5. The normalized spacial score (nSPS) is 11.3. The average molecular weight is 414 g/mol. The van der Waals surface area contributed by atoms with Gasteiger partial charge < -0.3 is 15.4 Å². The minimum absolute atomic E-state index is 0.118. The van der Waals surface area contributed by atoms with Crippen LogP contribution in [-0.2, 0) is 0 Å². The minimum Gasteiger partial charge on any atom is -0.493 e. The van der Waals surface area contributed by atoms with E-state index in [-0.39, 0.29) is 23.0 Å². The number of hydrogen-bond acceptors (Lipinski definition) is 4. The summed E-state index contributed by atoms with van der Waals surface area (Å²) >= 11 is 5.24. The Balaban J connectivity index is 1.95. The van der Waals surface area contributed by atoms with E-state index in [1.54, 1.807) is 42.5 Å². The maximum Gasteiger partial charge on any atom is 0.261 e. The van der Waals surface area contributed by atoms with Crippen molar-refractivity contribution >= 4 is 34.8 Å². The quantitative estimate of drug-likeness (QED) is 0.567. The molecule has 3 N–H and O–H groups in total. The van der Waals surface area contributed by atoms with Crippen LogP contribution in [0.4, 0.5) is 5.69 Å². The molecule has 0 fully saturated rings. The number of ether oxygens (including phenoxy) is 1. The second-order valence-electron chi connectivity index (χ2n) is 6.61. The van der Waals surface area contributed by atoms with Crippen molar-refractivity contribution in [3.8, 4) is 5.75 Å². The number of hydrogen-bond donors (Lipinski definition) is 3. The fourth-order valence-corrected chi connectivity index (χ4v) is 2.65. The molecule has 0 aliphatic rings. The Morgan fingerprint density at radius 2 is 1.72 bits per heavy atom. The summed E-state index contributed by atoms with van der Waals surface area (Å²) in [5.41, 5.74) is 1.65. The van der Waals surface area contributed by atoms with E-state index in [1.807, 2.05) is 26.8 Å². The van der Waals surface area contributed by atoms with E-state index in [2.05, 4.69) is 16.0 Å². The second kappa shape index (κ2) is 11.2. The number of benzene rings is 2. The molecule has 2 amide bonds. The van der Waals surface area contributed by atoms with E-state index >= 15 is 0 Å². The fourth-order valence-electron chi connectivity index (χ4n) is 2.44. The molecule has 0 spiro atoms. The summed E-state index contributed by atoms with van der Waals surface area (Å²) in [6.45, 7) is 6.51. The van der Waals surface area contributed by atoms with Crippen LogP contribution in [-0.4, -0.2) is 29.6 Å². The van der Waals surface area contributed by atoms with Crippen molar-refractivity contribution in [1.82, 2.24) is 10.6 Å². The SMILES string of the molecule is CCCOc1ccccc1C(=O)NC(=S)Nc1ccc(C(=O)NC(C)CC)cc1. The Morgan fingerprint density at radius 3 is 2.38 bits per heavy atom. The summed E-state index contributed by atoms with van der Waals surface area (Å²) in [4.78, 5) is 24.7. The highest BCUT2D eigenvalue weighted by Crippen LogP contribution is 2.18. The minimum atomic E-state index is -0.348. The Kier molecular flexibility index (Phi) is 8.61. The number of carbonyl (C=O) groups excluding carboxylic acids is 2. The maximum absolute atomic E-state index is 12.5. The van der Waals surface area contributed by atoms with Crippen LogP contribution in [0.3, 0.4) is 0 Å². The molecule has 7 heteroatoms. The van der Waals surface area contributed by atoms with Crippen LogP contribution < -0.4 is 20.7 Å². The van der Waals surface area contributed by atoms with Crippen LogP contribution in [0.15, 0.2) is 48.5 Å². The van der Waals surface area contributed by atoms with Crippen molar-refractivity contribution in [3.63, 3.8) is 0 Å². The van der Waals surface area contributed by atoms with Crippen LogP contribution in [0.5, 0.6) is 5.75 Å². The molecule has 0 bridgehead atoms. The lowest BCUT2D eigenvalue weighted by atomic mass is 10.1. The van der Waals surface area contributed by atoms with E-state index in [0.717, 1.165) is 12.8 Å². The van der Waals surface area contributed by atoms with Gasteiger partial charge in [0.15, 0.2) is 5.11 Å². The third kappa shape index (κ3) is 6.87. The van der Waals surface area contributed by atoms with Crippen LogP contribution in [0.2, 0.25) is 0 Å². The zero-order valence-corrected chi connectivity index (χ0v) is 17.8. The first kappa shape index (κ1) is 22.4. The molecule has 2 rings (SSSR count). The highest BCUT2D eigenvalue weighted by Gasteiger charge is 2.14. The smallest absolute Gasteiger partial charge is 0.261 e. The fraction of sp³-hybridized carbons (Fsp3) is 0.318. The van der Waals surface area contributed by atoms with Gasteiger partial charge >= 0.3 is 0 Å². The zero-order chi connectivity index (χ0) is 21.2. The van der Waals surface area contributed by atoms with E-state index in [9.17, 15) is 9.59 Å². The van der Waals surface area contributed by atoms with Gasteiger partial charge in [0.25, 0.3) is 11.8 Å². The van der Waals surface area contributed by atoms with Gasteiger partial charge in [-0.15, -0.1) is 0 Å². The molecule has 0 aromatic heterocycles. The molecule has 6 nitrogen and oxygen atoms in total. The van der Waals surface area contributed by atoms with Gasteiger partial charge in [0, 0.05) is 17.3 Å². The zero-order valence-electron chi connectivity index (χ0n) is 17.0. The Labute approximate surface area is 177 Å². The molecule has 0 aliphatic heterocycles. The third-order valence-corrected chi connectivity index (χ3v) is 4.42. The van der Waals surface area contributed by atoms with E-state index in [4.69, 9.17) is 17.0 Å². The second-order valence-corrected chi connectivity index (χ2v) is 7.02. The largest absolute Gasteiger partial charge is 0.493 e. The monoisotopic (exact) mass is 413 g/mol. The first-order valence-electron chi connectivity index (χ1n) is 9.69. The van der Waals surface area contributed by atoms with Gasteiger partial charge in [0.1, 0.15) is 5.75 Å². The summed E-state index contributed by atoms with van der Waals surface area (Å²) in [5.74, 6) is 0.0514. The molecule has 0 saturated carbocycles. The summed E-state index contributed by atoms with van der Waals surface area (Å²) in [5, 5.41) is 8.69. The Morgan fingerprint density at radius 1 is 1.03 bits per heavy atom. The highest BCUT2D eigenvalue weighted by atomic mass is 32.1. The molecule has 0 radical (unpaired) electrons. The first-order valence-corrected chi connectivity index (χ1v) is 10.1. The van der Waals surface area contributed by atoms with Crippen molar-refractivity contribution in [2.24, 2.45) is 0 Å². The number of carbonyl (C=O) groups is 2. The summed E-state index contributed by atoms with van der Waals surface area (Å²) in [7, 11) is 0. The number of amides is 2. The van der Waals surface area contributed by atoms with Crippen molar-refractivity contribution in [1.29, 1.82) is 0 Å². The van der Waals surface area contributed by atoms with Gasteiger partial charge in [0.05, 0.1) is 12.2 Å². The van der Waals surface area contributed by atoms with Gasteiger partial charge in [0.2, 0.25) is 0 Å². The van der Waals surface area contributed by atoms with Gasteiger partial charge in [-0.25, -0.2) is 0 Å². The topological polar surface area (TPSA) is 79.5 Å². The number of rotatable bonds is 8. The van der Waals surface area contributed by atoms with Crippen LogP contribution in [0, 0.1) is 0 Å². The average Bonchev–Trinajstić information content (AvgIpc) is 2.72. The lowest BCUT2D eigenvalue weighted by Crippen LogP contribution is -2.34. The molecule has 2 aromatic rings. The molecule has 1 atom stereocenters. The molecule has 0 aliphatic carbocycles. The number of anilines is 1. The predicted molar refractivity (Wildman–Crippen MR) is 120 cm³/mol. The third-order valence-electron chi connectivity index (χ3n) is 4.22. The van der Waals surface area contributed by atoms with Crippen molar-refractivity contribution < 1.29 is 14.3 Å². The molecular formula is C22H27N3O3S. The van der Waals surface area contributed by atoms with Gasteiger partial charge in [-0.1, -0.05) is 26.0 Å². The lowest BCUT2D eigenvalue weighted by Gasteiger charge is -2.13. The molecule has 2 aromatic carbocycles. The van der Waals surface area contributed by atoms with Crippen LogP contribution >= 0.6 is 12.2 Å². The van der Waals surface area contributed by atoms with Gasteiger partial charge in [-0.3, -0.25) is 14.9 Å². The Bertz CT molecular complexity index is 853. The van der Waals surface area contributed by atoms with E-state index in [0.29, 0.717) is 29.2 Å². The summed E-state index contributed by atoms with van der Waals surface area (Å²) < 4.78 is 5.62. The summed E-state index contributed by atoms with van der Waals surface area (Å²) in [6, 6.07) is 14.0. The van der Waals surface area contributed by atoms with Gasteiger partial charge in [-0.2, -0.15) is 0 Å². The molecule has 154 valence electrons. The van der Waals surface area contributed by atoms with Crippen LogP contribution in [0.1, 0.15) is 54.3 Å².